The van der Waals surface area contributed by atoms with Crippen LogP contribution in [0.5, 0.6) is 0 Å². The number of rotatable bonds is 5. The van der Waals surface area contributed by atoms with Crippen LogP contribution in [0.2, 0.25) is 0 Å². The molecule has 0 aromatic heterocycles. The van der Waals surface area contributed by atoms with Gasteiger partial charge >= 0.3 is 0 Å². The van der Waals surface area contributed by atoms with Crippen molar-refractivity contribution >= 4 is 5.91 Å². The van der Waals surface area contributed by atoms with Gasteiger partial charge in [0.1, 0.15) is 0 Å². The lowest BCUT2D eigenvalue weighted by Crippen LogP contribution is -2.25. The smallest absolute Gasteiger partial charge is 0.235 e. The Morgan fingerprint density at radius 1 is 1.54 bits per heavy atom. The Kier molecular flexibility index (Phi) is 5.90. The predicted molar refractivity (Wildman–Crippen MR) is 50.4 cm³/mol. The summed E-state index contributed by atoms with van der Waals surface area (Å²) in [4.78, 5) is 11.1. The molecule has 0 saturated heterocycles. The molecule has 0 radical (unpaired) electrons. The Bertz CT molecular complexity index is 196. The summed E-state index contributed by atoms with van der Waals surface area (Å²) in [5.41, 5.74) is 5.56. The highest BCUT2D eigenvalue weighted by Gasteiger charge is 2.11. The zero-order valence-electron chi connectivity index (χ0n) is 8.21. The maximum Gasteiger partial charge on any atom is 0.235 e. The van der Waals surface area contributed by atoms with Crippen molar-refractivity contribution in [2.75, 3.05) is 0 Å². The summed E-state index contributed by atoms with van der Waals surface area (Å²) in [7, 11) is 0. The van der Waals surface area contributed by atoms with E-state index < -0.39 is 0 Å². The Morgan fingerprint density at radius 2 is 2.15 bits per heavy atom. The van der Waals surface area contributed by atoms with E-state index in [1.165, 1.54) is 0 Å². The topological polar surface area (TPSA) is 78.9 Å². The normalized spacial score (nSPS) is 14.3. The van der Waals surface area contributed by atoms with Crippen LogP contribution in [0.3, 0.4) is 0 Å². The van der Waals surface area contributed by atoms with Crippen molar-refractivity contribution in [2.24, 2.45) is 11.7 Å². The van der Waals surface area contributed by atoms with Gasteiger partial charge in [-0.05, 0) is 19.8 Å². The van der Waals surface area contributed by atoms with Crippen LogP contribution in [0, 0.1) is 17.4 Å². The minimum atomic E-state index is -0.202. The molecule has 4 nitrogen and oxygen atoms in total. The molecule has 0 bridgehead atoms. The van der Waals surface area contributed by atoms with Crippen molar-refractivity contribution in [1.29, 1.82) is 5.26 Å². The van der Waals surface area contributed by atoms with Crippen molar-refractivity contribution in [3.8, 4) is 6.19 Å². The summed E-state index contributed by atoms with van der Waals surface area (Å²) >= 11 is 0. The first-order valence-corrected chi connectivity index (χ1v) is 4.52. The van der Waals surface area contributed by atoms with Crippen molar-refractivity contribution in [3.63, 3.8) is 0 Å². The van der Waals surface area contributed by atoms with Gasteiger partial charge in [-0.2, -0.15) is 5.26 Å². The molecular formula is C9H17N3O. The number of nitrogens with one attached hydrogen (secondary N) is 1. The van der Waals surface area contributed by atoms with Gasteiger partial charge in [-0.3, -0.25) is 10.1 Å². The van der Waals surface area contributed by atoms with E-state index in [9.17, 15) is 4.79 Å². The minimum absolute atomic E-state index is 0.0987. The number of hydrogen-bond acceptors (Lipinski definition) is 3. The van der Waals surface area contributed by atoms with Gasteiger partial charge in [0.25, 0.3) is 0 Å². The van der Waals surface area contributed by atoms with Crippen molar-refractivity contribution in [3.05, 3.63) is 0 Å². The molecule has 0 aromatic carbocycles. The number of carbonyl (C=O) groups is 1. The molecule has 0 aliphatic heterocycles. The molecule has 1 amide bonds. The molecule has 13 heavy (non-hydrogen) atoms. The third-order valence-corrected chi connectivity index (χ3v) is 1.92. The van der Waals surface area contributed by atoms with Gasteiger partial charge in [-0.1, -0.05) is 13.3 Å². The quantitative estimate of drug-likeness (QED) is 0.487. The molecule has 0 aromatic rings. The number of carbonyl (C=O) groups excluding carboxylic acids is 1. The van der Waals surface area contributed by atoms with Crippen LogP contribution in [0.15, 0.2) is 0 Å². The number of nitrogens with zero attached hydrogens (tertiary/aromatic N) is 1. The predicted octanol–water partition coefficient (Wildman–Crippen LogP) is 0.737. The van der Waals surface area contributed by atoms with E-state index in [4.69, 9.17) is 11.0 Å². The van der Waals surface area contributed by atoms with Gasteiger partial charge in [-0.25, -0.2) is 0 Å². The first-order valence-electron chi connectivity index (χ1n) is 4.52. The monoisotopic (exact) mass is 183 g/mol. The molecule has 0 spiro atoms. The van der Waals surface area contributed by atoms with Gasteiger partial charge in [0, 0.05) is 12.0 Å². The molecule has 2 atom stereocenters. The number of nitrogens with two attached hydrogens (primary N) is 1. The summed E-state index contributed by atoms with van der Waals surface area (Å²) in [5.74, 6) is -0.300. The molecule has 0 aliphatic rings. The number of amides is 1. The summed E-state index contributed by atoms with van der Waals surface area (Å²) in [6, 6.07) is 0.186. The molecule has 0 heterocycles. The summed E-state index contributed by atoms with van der Waals surface area (Å²) < 4.78 is 0. The van der Waals surface area contributed by atoms with E-state index in [2.05, 4.69) is 5.32 Å². The van der Waals surface area contributed by atoms with Crippen LogP contribution >= 0.6 is 0 Å². The fraction of sp³-hybridized carbons (Fsp3) is 0.778. The second-order valence-electron chi connectivity index (χ2n) is 3.41. The van der Waals surface area contributed by atoms with E-state index in [1.807, 2.05) is 13.8 Å². The third kappa shape index (κ3) is 6.12. The lowest BCUT2D eigenvalue weighted by molar-refractivity contribution is -0.123. The minimum Gasteiger partial charge on any atom is -0.328 e. The van der Waals surface area contributed by atoms with Gasteiger partial charge in [0.05, 0.1) is 0 Å². The lowest BCUT2D eigenvalue weighted by atomic mass is 10.0. The van der Waals surface area contributed by atoms with Crippen molar-refractivity contribution in [2.45, 2.75) is 39.2 Å². The fourth-order valence-corrected chi connectivity index (χ4v) is 1.06. The highest BCUT2D eigenvalue weighted by Crippen LogP contribution is 2.08. The molecule has 4 heteroatoms. The Hall–Kier alpha value is -1.08. The van der Waals surface area contributed by atoms with Crippen molar-refractivity contribution < 1.29 is 4.79 Å². The van der Waals surface area contributed by atoms with E-state index in [0.717, 1.165) is 19.3 Å². The fourth-order valence-electron chi connectivity index (χ4n) is 1.06. The Labute approximate surface area is 79.1 Å². The SMILES string of the molecule is CC(N)CCCC(C)C(=O)NC#N. The van der Waals surface area contributed by atoms with Crippen LogP contribution in [0.1, 0.15) is 33.1 Å². The summed E-state index contributed by atoms with van der Waals surface area (Å²) in [6.45, 7) is 3.76. The zero-order chi connectivity index (χ0) is 10.3. The van der Waals surface area contributed by atoms with Crippen LogP contribution in [-0.2, 0) is 4.79 Å². The second-order valence-corrected chi connectivity index (χ2v) is 3.41. The van der Waals surface area contributed by atoms with Gasteiger partial charge in [-0.15, -0.1) is 0 Å². The van der Waals surface area contributed by atoms with E-state index in [0.29, 0.717) is 0 Å². The highest BCUT2D eigenvalue weighted by atomic mass is 16.1. The highest BCUT2D eigenvalue weighted by molar-refractivity contribution is 5.79. The molecule has 2 unspecified atom stereocenters. The number of hydrogen-bond donors (Lipinski definition) is 2. The van der Waals surface area contributed by atoms with Crippen LogP contribution < -0.4 is 11.1 Å². The zero-order valence-corrected chi connectivity index (χ0v) is 8.21. The molecule has 0 rings (SSSR count). The van der Waals surface area contributed by atoms with Crippen LogP contribution in [-0.4, -0.2) is 11.9 Å². The maximum absolute atomic E-state index is 11.1. The summed E-state index contributed by atoms with van der Waals surface area (Å²) in [6.07, 6.45) is 4.26. The van der Waals surface area contributed by atoms with E-state index in [1.54, 1.807) is 6.19 Å². The van der Waals surface area contributed by atoms with E-state index >= 15 is 0 Å². The lowest BCUT2D eigenvalue weighted by Gasteiger charge is -2.09. The van der Waals surface area contributed by atoms with Crippen LogP contribution in [0.25, 0.3) is 0 Å². The average Bonchev–Trinajstić information content (AvgIpc) is 2.04. The van der Waals surface area contributed by atoms with Gasteiger partial charge < -0.3 is 5.73 Å². The summed E-state index contributed by atoms with van der Waals surface area (Å²) in [5, 5.41) is 10.3. The average molecular weight is 183 g/mol. The Morgan fingerprint density at radius 3 is 2.62 bits per heavy atom. The molecule has 74 valence electrons. The van der Waals surface area contributed by atoms with Crippen molar-refractivity contribution in [1.82, 2.24) is 5.32 Å². The Balaban J connectivity index is 3.57. The molecule has 0 aliphatic carbocycles. The molecule has 0 fully saturated rings. The largest absolute Gasteiger partial charge is 0.328 e. The maximum atomic E-state index is 11.1. The van der Waals surface area contributed by atoms with Crippen LogP contribution in [0.4, 0.5) is 0 Å². The molecular weight excluding hydrogens is 166 g/mol. The van der Waals surface area contributed by atoms with Gasteiger partial charge in [0.15, 0.2) is 6.19 Å². The molecule has 3 N–H and O–H groups in total. The third-order valence-electron chi connectivity index (χ3n) is 1.92. The molecule has 0 saturated carbocycles. The first-order chi connectivity index (χ1) is 6.07. The van der Waals surface area contributed by atoms with Gasteiger partial charge in [0.2, 0.25) is 5.91 Å². The number of nitriles is 1. The standard InChI is InChI=1S/C9H17N3O/c1-7(9(13)12-6-10)4-3-5-8(2)11/h7-8H,3-5,11H2,1-2H3,(H,12,13). The van der Waals surface area contributed by atoms with E-state index in [-0.39, 0.29) is 17.9 Å². The first kappa shape index (κ1) is 11.9. The second kappa shape index (κ2) is 6.44.